The molecule has 27 heavy (non-hydrogen) atoms. The molecule has 1 saturated heterocycles. The molecule has 0 atom stereocenters. The third-order valence-corrected chi connectivity index (χ3v) is 6.93. The molecule has 0 radical (unpaired) electrons. The molecular weight excluding hydrogens is 442 g/mol. The second-order valence-electron chi connectivity index (χ2n) is 7.09. The Morgan fingerprint density at radius 1 is 1.07 bits per heavy atom. The first kappa shape index (κ1) is 19.3. The molecule has 0 unspecified atom stereocenters. The van der Waals surface area contributed by atoms with E-state index in [2.05, 4.69) is 74.2 Å². The number of H-pyrrole nitrogens is 1. The van der Waals surface area contributed by atoms with E-state index in [9.17, 15) is 0 Å². The van der Waals surface area contributed by atoms with Crippen molar-refractivity contribution >= 4 is 50.2 Å². The minimum Gasteiger partial charge on any atom is -0.357 e. The number of aromatic nitrogens is 1. The standard InChI is InChI=1S/C21H23BrClN3S/c1-25-8-10-26(11-9-25)13-19-18-12-16(23)4-7-20(18)24-21(19)14-27-17-5-2-15(22)3-6-17/h2-7,12,24H,8-11,13-14H2,1H3. The minimum absolute atomic E-state index is 0.799. The van der Waals surface area contributed by atoms with E-state index in [4.69, 9.17) is 11.6 Å². The minimum atomic E-state index is 0.799. The van der Waals surface area contributed by atoms with Crippen LogP contribution in [0.5, 0.6) is 0 Å². The van der Waals surface area contributed by atoms with E-state index in [0.717, 1.165) is 48.0 Å². The van der Waals surface area contributed by atoms with Gasteiger partial charge in [-0.15, -0.1) is 11.8 Å². The molecular formula is C21H23BrClN3S. The van der Waals surface area contributed by atoms with Crippen LogP contribution in [0, 0.1) is 0 Å². The van der Waals surface area contributed by atoms with Crippen molar-refractivity contribution in [2.45, 2.75) is 17.2 Å². The van der Waals surface area contributed by atoms with Gasteiger partial charge in [0.05, 0.1) is 0 Å². The van der Waals surface area contributed by atoms with Gasteiger partial charge in [0.1, 0.15) is 0 Å². The predicted octanol–water partition coefficient (Wildman–Crippen LogP) is 5.62. The Kier molecular flexibility index (Phi) is 6.15. The monoisotopic (exact) mass is 463 g/mol. The summed E-state index contributed by atoms with van der Waals surface area (Å²) >= 11 is 11.7. The number of piperazine rings is 1. The molecule has 1 aliphatic rings. The molecule has 0 amide bonds. The lowest BCUT2D eigenvalue weighted by molar-refractivity contribution is 0.148. The van der Waals surface area contributed by atoms with Gasteiger partial charge in [-0.3, -0.25) is 4.90 Å². The van der Waals surface area contributed by atoms with E-state index in [0.29, 0.717) is 0 Å². The number of hydrogen-bond acceptors (Lipinski definition) is 3. The quantitative estimate of drug-likeness (QED) is 0.495. The number of aromatic amines is 1. The summed E-state index contributed by atoms with van der Waals surface area (Å²) in [5.74, 6) is 0.928. The van der Waals surface area contributed by atoms with E-state index >= 15 is 0 Å². The van der Waals surface area contributed by atoms with Crippen LogP contribution in [0.15, 0.2) is 51.8 Å². The van der Waals surface area contributed by atoms with E-state index < -0.39 is 0 Å². The second-order valence-corrected chi connectivity index (χ2v) is 9.49. The fourth-order valence-corrected chi connectivity index (χ4v) is 4.82. The maximum absolute atomic E-state index is 6.31. The Hall–Kier alpha value is -0.980. The number of hydrogen-bond donors (Lipinski definition) is 1. The zero-order valence-corrected chi connectivity index (χ0v) is 18.5. The molecule has 0 spiro atoms. The smallest absolute Gasteiger partial charge is 0.0460 e. The van der Waals surface area contributed by atoms with Crippen LogP contribution in [-0.4, -0.2) is 48.0 Å². The maximum atomic E-state index is 6.31. The molecule has 3 nitrogen and oxygen atoms in total. The SMILES string of the molecule is CN1CCN(Cc2c(CSc3ccc(Br)cc3)[nH]c3ccc(Cl)cc23)CC1. The molecule has 2 aromatic carbocycles. The average molecular weight is 465 g/mol. The van der Waals surface area contributed by atoms with Crippen molar-refractivity contribution < 1.29 is 0 Å². The fourth-order valence-electron chi connectivity index (χ4n) is 3.50. The van der Waals surface area contributed by atoms with Crippen LogP contribution < -0.4 is 0 Å². The summed E-state index contributed by atoms with van der Waals surface area (Å²) in [6.45, 7) is 5.47. The lowest BCUT2D eigenvalue weighted by Crippen LogP contribution is -2.43. The third kappa shape index (κ3) is 4.72. The Labute approximate surface area is 178 Å². The van der Waals surface area contributed by atoms with Gasteiger partial charge in [0.2, 0.25) is 0 Å². The van der Waals surface area contributed by atoms with Crippen molar-refractivity contribution in [1.82, 2.24) is 14.8 Å². The van der Waals surface area contributed by atoms with Gasteiger partial charge in [0.15, 0.2) is 0 Å². The van der Waals surface area contributed by atoms with Crippen molar-refractivity contribution in [2.75, 3.05) is 33.2 Å². The Morgan fingerprint density at radius 3 is 2.56 bits per heavy atom. The first-order chi connectivity index (χ1) is 13.1. The molecule has 2 heterocycles. The fraction of sp³-hybridized carbons (Fsp3) is 0.333. The summed E-state index contributed by atoms with van der Waals surface area (Å²) in [7, 11) is 2.20. The lowest BCUT2D eigenvalue weighted by Gasteiger charge is -2.32. The van der Waals surface area contributed by atoms with Gasteiger partial charge in [0, 0.05) is 69.5 Å². The van der Waals surface area contributed by atoms with Gasteiger partial charge < -0.3 is 9.88 Å². The van der Waals surface area contributed by atoms with Crippen molar-refractivity contribution in [3.8, 4) is 0 Å². The largest absolute Gasteiger partial charge is 0.357 e. The molecule has 4 rings (SSSR count). The number of halogens is 2. The highest BCUT2D eigenvalue weighted by Gasteiger charge is 2.19. The van der Waals surface area contributed by atoms with Gasteiger partial charge in [-0.25, -0.2) is 0 Å². The molecule has 0 bridgehead atoms. The van der Waals surface area contributed by atoms with E-state index in [1.54, 1.807) is 0 Å². The zero-order chi connectivity index (χ0) is 18.8. The van der Waals surface area contributed by atoms with E-state index in [1.165, 1.54) is 27.1 Å². The highest BCUT2D eigenvalue weighted by atomic mass is 79.9. The normalized spacial score (nSPS) is 16.3. The highest BCUT2D eigenvalue weighted by Crippen LogP contribution is 2.31. The van der Waals surface area contributed by atoms with Gasteiger partial charge in [-0.2, -0.15) is 0 Å². The van der Waals surface area contributed by atoms with Crippen LogP contribution in [0.25, 0.3) is 10.9 Å². The summed E-state index contributed by atoms with van der Waals surface area (Å²) < 4.78 is 1.11. The van der Waals surface area contributed by atoms with Gasteiger partial charge in [-0.1, -0.05) is 27.5 Å². The highest BCUT2D eigenvalue weighted by molar-refractivity contribution is 9.10. The summed E-state index contributed by atoms with van der Waals surface area (Å²) in [6, 6.07) is 14.7. The Balaban J connectivity index is 1.59. The summed E-state index contributed by atoms with van der Waals surface area (Å²) in [4.78, 5) is 9.87. The topological polar surface area (TPSA) is 22.3 Å². The molecule has 0 aliphatic carbocycles. The Morgan fingerprint density at radius 2 is 1.81 bits per heavy atom. The second kappa shape index (κ2) is 8.58. The molecule has 3 aromatic rings. The zero-order valence-electron chi connectivity index (χ0n) is 15.3. The first-order valence-corrected chi connectivity index (χ1v) is 11.3. The first-order valence-electron chi connectivity index (χ1n) is 9.17. The number of fused-ring (bicyclic) bond motifs is 1. The summed E-state index contributed by atoms with van der Waals surface area (Å²) in [6.07, 6.45) is 0. The number of nitrogens with one attached hydrogen (secondary N) is 1. The number of rotatable bonds is 5. The van der Waals surface area contributed by atoms with E-state index in [1.807, 2.05) is 17.8 Å². The maximum Gasteiger partial charge on any atom is 0.0460 e. The molecule has 0 saturated carbocycles. The average Bonchev–Trinajstić information content (AvgIpc) is 3.00. The third-order valence-electron chi connectivity index (χ3n) is 5.13. The summed E-state index contributed by atoms with van der Waals surface area (Å²) in [5, 5.41) is 2.06. The molecule has 6 heteroatoms. The molecule has 1 aliphatic heterocycles. The number of nitrogens with zero attached hydrogens (tertiary/aromatic N) is 2. The van der Waals surface area contributed by atoms with Gasteiger partial charge in [-0.05, 0) is 55.1 Å². The molecule has 1 fully saturated rings. The van der Waals surface area contributed by atoms with Crippen LogP contribution in [0.4, 0.5) is 0 Å². The summed E-state index contributed by atoms with van der Waals surface area (Å²) in [5.41, 5.74) is 3.87. The van der Waals surface area contributed by atoms with Crippen molar-refractivity contribution in [1.29, 1.82) is 0 Å². The van der Waals surface area contributed by atoms with Crippen LogP contribution in [0.2, 0.25) is 5.02 Å². The lowest BCUT2D eigenvalue weighted by atomic mass is 10.1. The van der Waals surface area contributed by atoms with E-state index in [-0.39, 0.29) is 0 Å². The van der Waals surface area contributed by atoms with Crippen LogP contribution >= 0.6 is 39.3 Å². The van der Waals surface area contributed by atoms with Crippen molar-refractivity contribution in [2.24, 2.45) is 0 Å². The van der Waals surface area contributed by atoms with Crippen molar-refractivity contribution in [3.05, 3.63) is 63.2 Å². The molecule has 1 aromatic heterocycles. The number of benzene rings is 2. The predicted molar refractivity (Wildman–Crippen MR) is 120 cm³/mol. The van der Waals surface area contributed by atoms with Gasteiger partial charge >= 0.3 is 0 Å². The number of thioether (sulfide) groups is 1. The Bertz CT molecular complexity index is 917. The van der Waals surface area contributed by atoms with Crippen molar-refractivity contribution in [3.63, 3.8) is 0 Å². The molecule has 1 N–H and O–H groups in total. The van der Waals surface area contributed by atoms with Crippen LogP contribution in [0.1, 0.15) is 11.3 Å². The van der Waals surface area contributed by atoms with Gasteiger partial charge in [0.25, 0.3) is 0 Å². The van der Waals surface area contributed by atoms with Crippen LogP contribution in [0.3, 0.4) is 0 Å². The van der Waals surface area contributed by atoms with Crippen LogP contribution in [-0.2, 0) is 12.3 Å². The number of likely N-dealkylation sites (N-methyl/N-ethyl adjacent to an activating group) is 1. The molecule has 142 valence electrons.